The summed E-state index contributed by atoms with van der Waals surface area (Å²) in [5.41, 5.74) is 4.58. The van der Waals surface area contributed by atoms with Gasteiger partial charge in [-0.05, 0) is 73.8 Å². The second-order valence-electron chi connectivity index (χ2n) is 14.1. The highest BCUT2D eigenvalue weighted by Crippen LogP contribution is 2.34. The number of amides is 1. The Morgan fingerprint density at radius 2 is 1.40 bits per heavy atom. The Kier molecular flexibility index (Phi) is 12.1. The first-order chi connectivity index (χ1) is 22.4. The van der Waals surface area contributed by atoms with Crippen LogP contribution in [-0.4, -0.2) is 33.5 Å². The summed E-state index contributed by atoms with van der Waals surface area (Å²) in [4.78, 5) is 37.3. The third-order valence-corrected chi connectivity index (χ3v) is 9.70. The van der Waals surface area contributed by atoms with E-state index in [4.69, 9.17) is 4.74 Å². The first-order valence-corrected chi connectivity index (χ1v) is 17.8. The number of thiophene rings is 1. The SMILES string of the molecule is CC.CC(C)(C)OC(=O)C(Cc1ccc(-c2ncc(-c3ccc(C4CCCCC4)cc3)cn2)cc1)NC(=O)c1ccc(C(C)(C)C)s1. The van der Waals surface area contributed by atoms with Gasteiger partial charge in [-0.25, -0.2) is 14.8 Å². The van der Waals surface area contributed by atoms with Crippen molar-refractivity contribution >= 4 is 23.2 Å². The molecule has 1 fully saturated rings. The maximum atomic E-state index is 13.2. The third kappa shape index (κ3) is 10.1. The zero-order valence-electron chi connectivity index (χ0n) is 29.4. The molecular weight excluding hydrogens is 603 g/mol. The highest BCUT2D eigenvalue weighted by molar-refractivity contribution is 7.14. The monoisotopic (exact) mass is 653 g/mol. The minimum Gasteiger partial charge on any atom is -0.458 e. The van der Waals surface area contributed by atoms with Gasteiger partial charge in [-0.1, -0.05) is 102 Å². The fourth-order valence-corrected chi connectivity index (χ4v) is 6.66. The molecule has 2 aromatic heterocycles. The van der Waals surface area contributed by atoms with Crippen LogP contribution in [0.15, 0.2) is 73.1 Å². The second kappa shape index (κ2) is 15.8. The minimum atomic E-state index is -0.831. The van der Waals surface area contributed by atoms with Gasteiger partial charge in [-0.2, -0.15) is 0 Å². The van der Waals surface area contributed by atoms with Gasteiger partial charge in [-0.3, -0.25) is 4.79 Å². The van der Waals surface area contributed by atoms with Crippen LogP contribution < -0.4 is 5.32 Å². The molecule has 250 valence electrons. The van der Waals surface area contributed by atoms with E-state index in [1.54, 1.807) is 0 Å². The molecule has 1 amide bonds. The lowest BCUT2D eigenvalue weighted by Crippen LogP contribution is -2.45. The molecule has 1 atom stereocenters. The summed E-state index contributed by atoms with van der Waals surface area (Å²) in [6, 6.07) is 19.6. The van der Waals surface area contributed by atoms with Crippen molar-refractivity contribution in [2.45, 2.75) is 117 Å². The molecule has 1 saturated carbocycles. The number of rotatable bonds is 8. The van der Waals surface area contributed by atoms with E-state index in [-0.39, 0.29) is 11.3 Å². The van der Waals surface area contributed by atoms with Crippen molar-refractivity contribution in [2.75, 3.05) is 0 Å². The summed E-state index contributed by atoms with van der Waals surface area (Å²) in [7, 11) is 0. The number of benzene rings is 2. The van der Waals surface area contributed by atoms with Crippen molar-refractivity contribution in [3.8, 4) is 22.5 Å². The van der Waals surface area contributed by atoms with E-state index in [1.807, 2.05) is 83.4 Å². The molecule has 0 saturated heterocycles. The quantitative estimate of drug-likeness (QED) is 0.192. The Morgan fingerprint density at radius 3 is 1.96 bits per heavy atom. The molecule has 0 aliphatic heterocycles. The van der Waals surface area contributed by atoms with Gasteiger partial charge >= 0.3 is 5.97 Å². The molecule has 0 bridgehead atoms. The van der Waals surface area contributed by atoms with Gasteiger partial charge in [-0.15, -0.1) is 11.3 Å². The topological polar surface area (TPSA) is 81.2 Å². The summed E-state index contributed by atoms with van der Waals surface area (Å²) in [5, 5.41) is 2.93. The number of hydrogen-bond acceptors (Lipinski definition) is 6. The Balaban J connectivity index is 0.00000245. The molecule has 1 N–H and O–H groups in total. The fraction of sp³-hybridized carbons (Fsp3) is 0.450. The average Bonchev–Trinajstić information content (AvgIpc) is 3.58. The van der Waals surface area contributed by atoms with Crippen molar-refractivity contribution < 1.29 is 14.3 Å². The number of esters is 1. The van der Waals surface area contributed by atoms with Crippen LogP contribution in [0, 0.1) is 0 Å². The minimum absolute atomic E-state index is 0.0562. The smallest absolute Gasteiger partial charge is 0.329 e. The van der Waals surface area contributed by atoms with E-state index < -0.39 is 17.6 Å². The highest BCUT2D eigenvalue weighted by atomic mass is 32.1. The van der Waals surface area contributed by atoms with Gasteiger partial charge in [0.15, 0.2) is 5.82 Å². The number of carbonyl (C=O) groups is 2. The van der Waals surface area contributed by atoms with Crippen LogP contribution in [0.3, 0.4) is 0 Å². The van der Waals surface area contributed by atoms with Crippen LogP contribution in [0.25, 0.3) is 22.5 Å². The molecule has 2 aromatic carbocycles. The van der Waals surface area contributed by atoms with Crippen molar-refractivity contribution in [2.24, 2.45) is 0 Å². The van der Waals surface area contributed by atoms with Crippen molar-refractivity contribution in [3.63, 3.8) is 0 Å². The Morgan fingerprint density at radius 1 is 0.809 bits per heavy atom. The molecule has 4 aromatic rings. The lowest BCUT2D eigenvalue weighted by Gasteiger charge is -2.24. The van der Waals surface area contributed by atoms with Crippen LogP contribution in [-0.2, 0) is 21.4 Å². The van der Waals surface area contributed by atoms with Gasteiger partial charge in [0.1, 0.15) is 11.6 Å². The lowest BCUT2D eigenvalue weighted by molar-refractivity contribution is -0.157. The van der Waals surface area contributed by atoms with Crippen LogP contribution in [0.5, 0.6) is 0 Å². The normalized spacial score (nSPS) is 14.5. The number of carbonyl (C=O) groups excluding carboxylic acids is 2. The first kappa shape index (κ1) is 36.0. The zero-order chi connectivity index (χ0) is 34.2. The molecular formula is C40H51N3O3S. The molecule has 6 nitrogen and oxygen atoms in total. The van der Waals surface area contributed by atoms with Gasteiger partial charge < -0.3 is 10.1 Å². The molecule has 1 unspecified atom stereocenters. The van der Waals surface area contributed by atoms with Crippen LogP contribution >= 0.6 is 11.3 Å². The summed E-state index contributed by atoms with van der Waals surface area (Å²) in [6.07, 6.45) is 10.6. The Bertz CT molecular complexity index is 1590. The van der Waals surface area contributed by atoms with Gasteiger partial charge in [0.05, 0.1) is 4.88 Å². The standard InChI is InChI=1S/C38H45N3O3S.C2H6/c1-37(2,3)33-21-20-32(45-33)35(42)41-31(36(43)44-38(4,5)6)22-25-12-14-29(15-13-25)34-39-23-30(24-40-34)28-18-16-27(17-19-28)26-10-8-7-9-11-26;1-2/h12-21,23-24,26,31H,7-11,22H2,1-6H3,(H,41,42);1-2H3. The molecule has 0 radical (unpaired) electrons. The number of nitrogens with zero attached hydrogens (tertiary/aromatic N) is 2. The molecule has 5 rings (SSSR count). The largest absolute Gasteiger partial charge is 0.458 e. The van der Waals surface area contributed by atoms with Crippen molar-refractivity contribution in [3.05, 3.63) is 93.9 Å². The number of hydrogen-bond donors (Lipinski definition) is 1. The molecule has 1 aliphatic carbocycles. The van der Waals surface area contributed by atoms with Gasteiger partial charge in [0, 0.05) is 34.8 Å². The van der Waals surface area contributed by atoms with Crippen LogP contribution in [0.1, 0.15) is 119 Å². The number of nitrogens with one attached hydrogen (secondary N) is 1. The van der Waals surface area contributed by atoms with E-state index >= 15 is 0 Å². The predicted octanol–water partition coefficient (Wildman–Crippen LogP) is 9.93. The van der Waals surface area contributed by atoms with Crippen molar-refractivity contribution in [1.82, 2.24) is 15.3 Å². The van der Waals surface area contributed by atoms with E-state index in [0.717, 1.165) is 27.1 Å². The van der Waals surface area contributed by atoms with Crippen LogP contribution in [0.2, 0.25) is 0 Å². The maximum absolute atomic E-state index is 13.2. The highest BCUT2D eigenvalue weighted by Gasteiger charge is 2.28. The maximum Gasteiger partial charge on any atom is 0.329 e. The summed E-state index contributed by atoms with van der Waals surface area (Å²) < 4.78 is 5.68. The van der Waals surface area contributed by atoms with Gasteiger partial charge in [0.2, 0.25) is 0 Å². The molecule has 47 heavy (non-hydrogen) atoms. The summed E-state index contributed by atoms with van der Waals surface area (Å²) in [5.74, 6) is 0.583. The third-order valence-electron chi connectivity index (χ3n) is 8.19. The zero-order valence-corrected chi connectivity index (χ0v) is 30.2. The molecule has 7 heteroatoms. The summed E-state index contributed by atoms with van der Waals surface area (Å²) in [6.45, 7) is 15.8. The Hall–Kier alpha value is -3.84. The van der Waals surface area contributed by atoms with E-state index in [1.165, 1.54) is 49.0 Å². The summed E-state index contributed by atoms with van der Waals surface area (Å²) >= 11 is 1.45. The van der Waals surface area contributed by atoms with Gasteiger partial charge in [0.25, 0.3) is 5.91 Å². The fourth-order valence-electron chi connectivity index (χ4n) is 5.69. The van der Waals surface area contributed by atoms with E-state index in [0.29, 0.717) is 23.0 Å². The number of ether oxygens (including phenoxy) is 1. The van der Waals surface area contributed by atoms with E-state index in [2.05, 4.69) is 60.3 Å². The average molecular weight is 654 g/mol. The van der Waals surface area contributed by atoms with Crippen LogP contribution in [0.4, 0.5) is 0 Å². The Labute approximate surface area is 285 Å². The van der Waals surface area contributed by atoms with Crippen molar-refractivity contribution in [1.29, 1.82) is 0 Å². The molecule has 1 aliphatic rings. The lowest BCUT2D eigenvalue weighted by atomic mass is 9.84. The van der Waals surface area contributed by atoms with E-state index in [9.17, 15) is 9.59 Å². The molecule has 2 heterocycles. The molecule has 0 spiro atoms. The number of aromatic nitrogens is 2. The first-order valence-electron chi connectivity index (χ1n) is 17.0. The second-order valence-corrected chi connectivity index (χ2v) is 15.2. The predicted molar refractivity (Wildman–Crippen MR) is 194 cm³/mol.